The second-order valence-corrected chi connectivity index (χ2v) is 8.63. The number of fused-ring (bicyclic) bond motifs is 3. The van der Waals surface area contributed by atoms with E-state index >= 15 is 0 Å². The minimum Gasteiger partial charge on any atom is -0.345 e. The van der Waals surface area contributed by atoms with Crippen LogP contribution in [-0.2, 0) is 20.0 Å². The Hall–Kier alpha value is -4.30. The molecule has 1 amide bonds. The summed E-state index contributed by atoms with van der Waals surface area (Å²) >= 11 is 0. The van der Waals surface area contributed by atoms with E-state index < -0.39 is 11.5 Å². The Morgan fingerprint density at radius 3 is 2.53 bits per heavy atom. The molecule has 0 bridgehead atoms. The molecule has 0 saturated carbocycles. The van der Waals surface area contributed by atoms with E-state index in [0.717, 1.165) is 22.4 Å². The highest BCUT2D eigenvalue weighted by Crippen LogP contribution is 2.44. The van der Waals surface area contributed by atoms with Gasteiger partial charge in [0, 0.05) is 17.7 Å². The normalized spacial score (nSPS) is 22.9. The van der Waals surface area contributed by atoms with Crippen molar-refractivity contribution in [1.82, 2.24) is 5.59 Å². The van der Waals surface area contributed by atoms with Crippen LogP contribution in [0.3, 0.4) is 0 Å². The molecular weight excluding hydrogens is 430 g/mol. The van der Waals surface area contributed by atoms with Gasteiger partial charge in [-0.3, -0.25) is 9.79 Å². The number of carbonyl (C=O) groups excluding carboxylic acids is 2. The van der Waals surface area contributed by atoms with E-state index in [4.69, 9.17) is 14.8 Å². The number of nitrogens with zero attached hydrogens (tertiary/aromatic N) is 3. The van der Waals surface area contributed by atoms with E-state index in [-0.39, 0.29) is 18.0 Å². The summed E-state index contributed by atoms with van der Waals surface area (Å²) in [4.78, 5) is 41.4. The average Bonchev–Trinajstić information content (AvgIpc) is 3.27. The van der Waals surface area contributed by atoms with Crippen molar-refractivity contribution < 1.29 is 14.4 Å². The number of aryl methyl sites for hydroxylation is 2. The minimum absolute atomic E-state index is 0.0952. The molecule has 1 spiro atoms. The lowest BCUT2D eigenvalue weighted by atomic mass is 9.86. The number of para-hydroxylation sites is 3. The van der Waals surface area contributed by atoms with Crippen molar-refractivity contribution in [3.05, 3.63) is 106 Å². The third-order valence-corrected chi connectivity index (χ3v) is 6.54. The van der Waals surface area contributed by atoms with Crippen LogP contribution < -0.4 is 26.6 Å². The Bertz CT molecular complexity index is 1540. The van der Waals surface area contributed by atoms with Gasteiger partial charge < -0.3 is 10.2 Å². The standard InChI is InChI=1S/C26H21N5O3/c1-15-11-12-17(13-16(15)2)31-23(24(32)34-30-31)22-14-26(29-21-10-6-5-9-20(21)27-22)18-7-3-4-8-19(18)28-25(26)33/h3-13,30H,14H2,1-2H3,(H,28,33)/b23-22-. The van der Waals surface area contributed by atoms with Crippen molar-refractivity contribution in [3.63, 3.8) is 0 Å². The zero-order chi connectivity index (χ0) is 23.4. The van der Waals surface area contributed by atoms with Crippen LogP contribution in [0, 0.1) is 13.8 Å². The molecule has 2 N–H and O–H groups in total. The number of hydrogen-bond acceptors (Lipinski definition) is 7. The van der Waals surface area contributed by atoms with E-state index in [1.165, 1.54) is 0 Å². The van der Waals surface area contributed by atoms with Gasteiger partial charge in [-0.25, -0.2) is 14.8 Å². The lowest BCUT2D eigenvalue weighted by Crippen LogP contribution is -2.36. The summed E-state index contributed by atoms with van der Waals surface area (Å²) in [6.07, 6.45) is 0.0952. The van der Waals surface area contributed by atoms with E-state index in [0.29, 0.717) is 22.1 Å². The molecule has 8 nitrogen and oxygen atoms in total. The van der Waals surface area contributed by atoms with Crippen LogP contribution in [0.15, 0.2) is 88.1 Å². The average molecular weight is 451 g/mol. The monoisotopic (exact) mass is 451 g/mol. The summed E-state index contributed by atoms with van der Waals surface area (Å²) in [6.45, 7) is 4.03. The number of amides is 1. The van der Waals surface area contributed by atoms with E-state index in [2.05, 4.69) is 10.9 Å². The van der Waals surface area contributed by atoms with Crippen LogP contribution in [0.4, 0.5) is 11.4 Å². The smallest absolute Gasteiger partial charge is 0.345 e. The number of hydrazine groups is 1. The summed E-state index contributed by atoms with van der Waals surface area (Å²) in [5.74, 6) is -0.825. The zero-order valence-electron chi connectivity index (χ0n) is 18.6. The molecule has 1 saturated heterocycles. The molecule has 168 valence electrons. The van der Waals surface area contributed by atoms with Crippen LogP contribution in [0.1, 0.15) is 23.1 Å². The first-order valence-corrected chi connectivity index (χ1v) is 11.0. The maximum atomic E-state index is 13.4. The van der Waals surface area contributed by atoms with Gasteiger partial charge in [0.2, 0.25) is 0 Å². The predicted octanol–water partition coefficient (Wildman–Crippen LogP) is 2.49. The van der Waals surface area contributed by atoms with Gasteiger partial charge in [0.1, 0.15) is 0 Å². The predicted molar refractivity (Wildman–Crippen MR) is 125 cm³/mol. The molecular formula is C26H21N5O3. The quantitative estimate of drug-likeness (QED) is 0.555. The van der Waals surface area contributed by atoms with Crippen molar-refractivity contribution in [2.45, 2.75) is 25.8 Å². The molecule has 3 aromatic rings. The summed E-state index contributed by atoms with van der Waals surface area (Å²) in [6, 6.07) is 20.7. The highest BCUT2D eigenvalue weighted by molar-refractivity contribution is 6.06. The maximum absolute atomic E-state index is 13.4. The van der Waals surface area contributed by atoms with Gasteiger partial charge in [-0.1, -0.05) is 42.0 Å². The van der Waals surface area contributed by atoms with Gasteiger partial charge in [-0.05, 0) is 55.3 Å². The largest absolute Gasteiger partial charge is 0.378 e. The minimum atomic E-state index is -1.26. The van der Waals surface area contributed by atoms with Crippen molar-refractivity contribution >= 4 is 23.3 Å². The van der Waals surface area contributed by atoms with Gasteiger partial charge in [-0.15, -0.1) is 0 Å². The van der Waals surface area contributed by atoms with E-state index in [1.54, 1.807) is 5.01 Å². The molecule has 1 atom stereocenters. The number of nitrogens with one attached hydrogen (secondary N) is 2. The fourth-order valence-electron chi connectivity index (χ4n) is 4.62. The highest BCUT2D eigenvalue weighted by Gasteiger charge is 2.49. The molecule has 8 heteroatoms. The molecule has 3 aliphatic heterocycles. The number of anilines is 2. The first kappa shape index (κ1) is 20.3. The Morgan fingerprint density at radius 1 is 0.941 bits per heavy atom. The van der Waals surface area contributed by atoms with Crippen LogP contribution >= 0.6 is 0 Å². The van der Waals surface area contributed by atoms with Gasteiger partial charge in [0.15, 0.2) is 11.2 Å². The molecule has 0 aromatic heterocycles. The number of benzene rings is 3. The molecule has 0 aliphatic carbocycles. The summed E-state index contributed by atoms with van der Waals surface area (Å²) in [7, 11) is 0. The Morgan fingerprint density at radius 2 is 1.71 bits per heavy atom. The van der Waals surface area contributed by atoms with Gasteiger partial charge in [0.05, 0.1) is 22.1 Å². The van der Waals surface area contributed by atoms with E-state index in [9.17, 15) is 9.59 Å². The molecule has 0 radical (unpaired) electrons. The fourth-order valence-corrected chi connectivity index (χ4v) is 4.62. The van der Waals surface area contributed by atoms with Gasteiger partial charge in [0.25, 0.3) is 5.91 Å². The van der Waals surface area contributed by atoms with Crippen LogP contribution in [0.5, 0.6) is 0 Å². The van der Waals surface area contributed by atoms with Crippen LogP contribution in [-0.4, -0.2) is 11.9 Å². The van der Waals surface area contributed by atoms with Crippen molar-refractivity contribution in [1.29, 1.82) is 0 Å². The second-order valence-electron chi connectivity index (χ2n) is 8.63. The SMILES string of the molecule is Cc1ccc(N2NOC(=O)/C2=C2\CC3(N=c4ccccc4=N2)C(=O)Nc2ccccc23)cc1C. The molecule has 34 heavy (non-hydrogen) atoms. The lowest BCUT2D eigenvalue weighted by molar-refractivity contribution is -0.140. The zero-order valence-corrected chi connectivity index (χ0v) is 18.6. The molecule has 3 aliphatic rings. The van der Waals surface area contributed by atoms with Crippen LogP contribution in [0.2, 0.25) is 0 Å². The lowest BCUT2D eigenvalue weighted by Gasteiger charge is -2.24. The summed E-state index contributed by atoms with van der Waals surface area (Å²) < 4.78 is 0. The summed E-state index contributed by atoms with van der Waals surface area (Å²) in [5.41, 5.74) is 6.48. The van der Waals surface area contributed by atoms with Gasteiger partial charge >= 0.3 is 5.97 Å². The first-order chi connectivity index (χ1) is 16.5. The van der Waals surface area contributed by atoms with Crippen molar-refractivity contribution in [3.8, 4) is 0 Å². The third kappa shape index (κ3) is 2.96. The molecule has 6 rings (SSSR count). The highest BCUT2D eigenvalue weighted by atomic mass is 16.7. The Balaban J connectivity index is 1.63. The fraction of sp³-hybridized carbons (Fsp3) is 0.154. The Labute approximate surface area is 195 Å². The number of rotatable bonds is 1. The second kappa shape index (κ2) is 7.36. The van der Waals surface area contributed by atoms with E-state index in [1.807, 2.05) is 80.6 Å². The molecule has 1 fully saturated rings. The number of hydrogen-bond donors (Lipinski definition) is 2. The first-order valence-electron chi connectivity index (χ1n) is 11.0. The Kier molecular flexibility index (Phi) is 4.40. The maximum Gasteiger partial charge on any atom is 0.378 e. The van der Waals surface area contributed by atoms with Crippen molar-refractivity contribution in [2.75, 3.05) is 10.3 Å². The topological polar surface area (TPSA) is 95.4 Å². The molecule has 3 heterocycles. The third-order valence-electron chi connectivity index (χ3n) is 6.54. The van der Waals surface area contributed by atoms with Crippen molar-refractivity contribution in [2.24, 2.45) is 9.98 Å². The van der Waals surface area contributed by atoms with Crippen LogP contribution in [0.25, 0.3) is 0 Å². The molecule has 3 aromatic carbocycles. The van der Waals surface area contributed by atoms with Gasteiger partial charge in [-0.2, -0.15) is 0 Å². The summed E-state index contributed by atoms with van der Waals surface area (Å²) in [5, 5.41) is 5.70. The molecule has 1 unspecified atom stereocenters. The number of carbonyl (C=O) groups is 2.